The molecule has 1 rings (SSSR count). The van der Waals surface area contributed by atoms with E-state index in [1.807, 2.05) is 0 Å². The van der Waals surface area contributed by atoms with Gasteiger partial charge >= 0.3 is 6.43 Å². The van der Waals surface area contributed by atoms with Gasteiger partial charge in [-0.3, -0.25) is 4.79 Å². The van der Waals surface area contributed by atoms with Crippen molar-refractivity contribution in [3.63, 3.8) is 0 Å². The van der Waals surface area contributed by atoms with Crippen LogP contribution in [0.15, 0.2) is 0 Å². The van der Waals surface area contributed by atoms with Crippen LogP contribution in [-0.4, -0.2) is 36.4 Å². The Labute approximate surface area is 88.6 Å². The number of nitrogens with zero attached hydrogens (tertiary/aromatic N) is 1. The minimum Gasteiger partial charge on any atom is -0.335 e. The molecule has 0 bridgehead atoms. The van der Waals surface area contributed by atoms with Crippen LogP contribution in [0.3, 0.4) is 0 Å². The molecule has 0 aromatic heterocycles. The van der Waals surface area contributed by atoms with E-state index in [0.29, 0.717) is 13.1 Å². The van der Waals surface area contributed by atoms with Crippen LogP contribution in [0, 0.1) is 5.92 Å². The third-order valence-electron chi connectivity index (χ3n) is 3.13. The fourth-order valence-corrected chi connectivity index (χ4v) is 2.38. The molecule has 1 aliphatic carbocycles. The summed E-state index contributed by atoms with van der Waals surface area (Å²) in [5.41, 5.74) is 5.57. The fourth-order valence-electron chi connectivity index (χ4n) is 2.38. The highest BCUT2D eigenvalue weighted by molar-refractivity contribution is 5.79. The lowest BCUT2D eigenvalue weighted by atomic mass is 10.0. The molecule has 1 aliphatic rings. The van der Waals surface area contributed by atoms with E-state index < -0.39 is 12.3 Å². The number of carbonyl (C=O) groups is 1. The van der Waals surface area contributed by atoms with Gasteiger partial charge in [-0.15, -0.1) is 0 Å². The van der Waals surface area contributed by atoms with Crippen LogP contribution in [0.5, 0.6) is 0 Å². The first-order valence-corrected chi connectivity index (χ1v) is 5.40. The molecular formula is C10H18F2N2O. The molecule has 3 nitrogen and oxygen atoms in total. The largest absolute Gasteiger partial charge is 0.335 e. The number of hydrogen-bond acceptors (Lipinski definition) is 2. The van der Waals surface area contributed by atoms with Crippen LogP contribution in [0.25, 0.3) is 0 Å². The van der Waals surface area contributed by atoms with Gasteiger partial charge in [0, 0.05) is 12.6 Å². The molecule has 0 aromatic carbocycles. The third kappa shape index (κ3) is 2.65. The van der Waals surface area contributed by atoms with Crippen molar-refractivity contribution < 1.29 is 13.6 Å². The molecule has 15 heavy (non-hydrogen) atoms. The van der Waals surface area contributed by atoms with Crippen molar-refractivity contribution in [1.29, 1.82) is 0 Å². The highest BCUT2D eigenvalue weighted by Gasteiger charge is 2.35. The first-order valence-electron chi connectivity index (χ1n) is 5.40. The summed E-state index contributed by atoms with van der Waals surface area (Å²) in [5, 5.41) is 0. The van der Waals surface area contributed by atoms with Gasteiger partial charge in [0.2, 0.25) is 0 Å². The summed E-state index contributed by atoms with van der Waals surface area (Å²) >= 11 is 0. The van der Waals surface area contributed by atoms with Crippen LogP contribution < -0.4 is 5.73 Å². The maximum atomic E-state index is 12.3. The Morgan fingerprint density at radius 3 is 2.67 bits per heavy atom. The van der Waals surface area contributed by atoms with E-state index >= 15 is 0 Å². The predicted octanol–water partition coefficient (Wildman–Crippen LogP) is 1.23. The molecule has 1 amide bonds. The average molecular weight is 220 g/mol. The molecule has 0 aromatic rings. The lowest BCUT2D eigenvalue weighted by molar-refractivity contribution is -0.145. The number of amides is 1. The first-order chi connectivity index (χ1) is 7.11. The van der Waals surface area contributed by atoms with Crippen LogP contribution in [-0.2, 0) is 4.79 Å². The SMILES string of the molecule is CCN(C(=O)C(F)F)C1CCCC1CN. The molecule has 0 spiro atoms. The van der Waals surface area contributed by atoms with Gasteiger partial charge in [-0.25, -0.2) is 0 Å². The summed E-state index contributed by atoms with van der Waals surface area (Å²) in [4.78, 5) is 12.5. The van der Waals surface area contributed by atoms with Crippen LogP contribution in [0.2, 0.25) is 0 Å². The van der Waals surface area contributed by atoms with Crippen molar-refractivity contribution in [3.8, 4) is 0 Å². The summed E-state index contributed by atoms with van der Waals surface area (Å²) in [6.45, 7) is 2.54. The second kappa shape index (κ2) is 5.39. The lowest BCUT2D eigenvalue weighted by Crippen LogP contribution is -2.46. The summed E-state index contributed by atoms with van der Waals surface area (Å²) in [6, 6.07) is -0.0819. The van der Waals surface area contributed by atoms with Crippen molar-refractivity contribution >= 4 is 5.91 Å². The molecule has 1 saturated carbocycles. The molecule has 2 unspecified atom stereocenters. The Balaban J connectivity index is 2.69. The zero-order valence-corrected chi connectivity index (χ0v) is 8.96. The Hall–Kier alpha value is -0.710. The van der Waals surface area contributed by atoms with Gasteiger partial charge in [-0.05, 0) is 32.2 Å². The highest BCUT2D eigenvalue weighted by Crippen LogP contribution is 2.29. The number of alkyl halides is 2. The predicted molar refractivity (Wildman–Crippen MR) is 53.6 cm³/mol. The van der Waals surface area contributed by atoms with E-state index in [0.717, 1.165) is 19.3 Å². The van der Waals surface area contributed by atoms with Crippen LogP contribution in [0.4, 0.5) is 8.78 Å². The van der Waals surface area contributed by atoms with E-state index in [1.165, 1.54) is 4.90 Å². The summed E-state index contributed by atoms with van der Waals surface area (Å²) in [6.07, 6.45) is -0.189. The topological polar surface area (TPSA) is 46.3 Å². The number of halogens is 2. The molecule has 5 heteroatoms. The zero-order valence-electron chi connectivity index (χ0n) is 8.96. The Morgan fingerprint density at radius 1 is 1.53 bits per heavy atom. The van der Waals surface area contributed by atoms with Crippen molar-refractivity contribution in [3.05, 3.63) is 0 Å². The molecule has 2 N–H and O–H groups in total. The van der Waals surface area contributed by atoms with Crippen molar-refractivity contribution in [2.24, 2.45) is 11.7 Å². The Kier molecular flexibility index (Phi) is 4.45. The maximum Gasteiger partial charge on any atom is 0.315 e. The van der Waals surface area contributed by atoms with Gasteiger partial charge < -0.3 is 10.6 Å². The fraction of sp³-hybridized carbons (Fsp3) is 0.900. The van der Waals surface area contributed by atoms with Gasteiger partial charge in [-0.1, -0.05) is 6.42 Å². The van der Waals surface area contributed by atoms with E-state index in [4.69, 9.17) is 5.73 Å². The minimum atomic E-state index is -2.90. The number of rotatable bonds is 4. The quantitative estimate of drug-likeness (QED) is 0.774. The lowest BCUT2D eigenvalue weighted by Gasteiger charge is -2.31. The summed E-state index contributed by atoms with van der Waals surface area (Å²) in [7, 11) is 0. The molecule has 0 radical (unpaired) electrons. The molecular weight excluding hydrogens is 202 g/mol. The van der Waals surface area contributed by atoms with Gasteiger partial charge in [0.1, 0.15) is 0 Å². The summed E-state index contributed by atoms with van der Waals surface area (Å²) < 4.78 is 24.7. The summed E-state index contributed by atoms with van der Waals surface area (Å²) in [5.74, 6) is -0.865. The van der Waals surface area contributed by atoms with E-state index in [2.05, 4.69) is 0 Å². The van der Waals surface area contributed by atoms with Crippen molar-refractivity contribution in [2.45, 2.75) is 38.7 Å². The van der Waals surface area contributed by atoms with E-state index in [-0.39, 0.29) is 12.0 Å². The molecule has 0 saturated heterocycles. The monoisotopic (exact) mass is 220 g/mol. The minimum absolute atomic E-state index is 0.0819. The normalized spacial score (nSPS) is 25.9. The van der Waals surface area contributed by atoms with E-state index in [1.54, 1.807) is 6.92 Å². The van der Waals surface area contributed by atoms with Crippen LogP contribution in [0.1, 0.15) is 26.2 Å². The molecule has 0 aliphatic heterocycles. The second-order valence-corrected chi connectivity index (χ2v) is 3.92. The molecule has 0 heterocycles. The molecule has 88 valence electrons. The van der Waals surface area contributed by atoms with Crippen LogP contribution >= 0.6 is 0 Å². The molecule has 1 fully saturated rings. The maximum absolute atomic E-state index is 12.3. The molecule has 2 atom stereocenters. The number of hydrogen-bond donors (Lipinski definition) is 1. The Morgan fingerprint density at radius 2 is 2.20 bits per heavy atom. The van der Waals surface area contributed by atoms with Gasteiger partial charge in [0.25, 0.3) is 5.91 Å². The highest BCUT2D eigenvalue weighted by atomic mass is 19.3. The van der Waals surface area contributed by atoms with Crippen molar-refractivity contribution in [2.75, 3.05) is 13.1 Å². The van der Waals surface area contributed by atoms with Crippen molar-refractivity contribution in [1.82, 2.24) is 4.90 Å². The van der Waals surface area contributed by atoms with E-state index in [9.17, 15) is 13.6 Å². The number of nitrogens with two attached hydrogens (primary N) is 1. The number of carbonyl (C=O) groups excluding carboxylic acids is 1. The Bertz CT molecular complexity index is 223. The second-order valence-electron chi connectivity index (χ2n) is 3.92. The average Bonchev–Trinajstić information content (AvgIpc) is 2.66. The van der Waals surface area contributed by atoms with Gasteiger partial charge in [0.15, 0.2) is 0 Å². The standard InChI is InChI=1S/C10H18F2N2O/c1-2-14(10(15)9(11)12)8-5-3-4-7(8)6-13/h7-9H,2-6,13H2,1H3. The van der Waals surface area contributed by atoms with Gasteiger partial charge in [0.05, 0.1) is 0 Å². The van der Waals surface area contributed by atoms with Gasteiger partial charge in [-0.2, -0.15) is 8.78 Å². The smallest absolute Gasteiger partial charge is 0.315 e. The zero-order chi connectivity index (χ0) is 11.4. The first kappa shape index (κ1) is 12.4. The third-order valence-corrected chi connectivity index (χ3v) is 3.13.